The van der Waals surface area contributed by atoms with Gasteiger partial charge in [-0.3, -0.25) is 0 Å². The minimum Gasteiger partial charge on any atom is -0.486 e. The average Bonchev–Trinajstić information content (AvgIpc) is 2.96. The van der Waals surface area contributed by atoms with Gasteiger partial charge in [-0.05, 0) is 43.3 Å². The fourth-order valence-corrected chi connectivity index (χ4v) is 4.59. The molecule has 0 aliphatic heterocycles. The van der Waals surface area contributed by atoms with Crippen LogP contribution in [0.2, 0.25) is 0 Å². The predicted molar refractivity (Wildman–Crippen MR) is 145 cm³/mol. The summed E-state index contributed by atoms with van der Waals surface area (Å²) in [5, 5.41) is 38.1. The van der Waals surface area contributed by atoms with Crippen molar-refractivity contribution >= 4 is 23.9 Å². The monoisotopic (exact) mass is 556 g/mol. The molecule has 41 heavy (non-hydrogen) atoms. The Hall–Kier alpha value is -5.64. The van der Waals surface area contributed by atoms with E-state index >= 15 is 0 Å². The van der Waals surface area contributed by atoms with Gasteiger partial charge in [0.05, 0.1) is 22.3 Å². The number of ether oxygens (including phenoxy) is 2. The molecule has 0 fully saturated rings. The summed E-state index contributed by atoms with van der Waals surface area (Å²) in [6.07, 6.45) is -0.947. The highest BCUT2D eigenvalue weighted by atomic mass is 16.6. The molecule has 0 bridgehead atoms. The van der Waals surface area contributed by atoms with Crippen LogP contribution in [0.3, 0.4) is 0 Å². The van der Waals surface area contributed by atoms with E-state index < -0.39 is 57.8 Å². The van der Waals surface area contributed by atoms with E-state index in [0.717, 1.165) is 24.3 Å². The van der Waals surface area contributed by atoms with Crippen molar-refractivity contribution in [2.75, 3.05) is 0 Å². The van der Waals surface area contributed by atoms with E-state index in [-0.39, 0.29) is 11.5 Å². The third kappa shape index (κ3) is 5.71. The lowest BCUT2D eigenvalue weighted by atomic mass is 9.81. The van der Waals surface area contributed by atoms with E-state index in [2.05, 4.69) is 0 Å². The summed E-state index contributed by atoms with van der Waals surface area (Å²) in [6.45, 7) is 1.66. The summed E-state index contributed by atoms with van der Waals surface area (Å²) in [7, 11) is 0. The van der Waals surface area contributed by atoms with Crippen molar-refractivity contribution in [2.45, 2.75) is 18.6 Å². The van der Waals surface area contributed by atoms with Gasteiger partial charge in [0.2, 0.25) is 0 Å². The lowest BCUT2D eigenvalue weighted by molar-refractivity contribution is -0.00465. The lowest BCUT2D eigenvalue weighted by Gasteiger charge is -2.40. The minimum absolute atomic E-state index is 0.0306. The largest absolute Gasteiger partial charge is 0.486 e. The van der Waals surface area contributed by atoms with Crippen LogP contribution in [0.5, 0.6) is 11.5 Å². The molecule has 1 atom stereocenters. The molecule has 0 heterocycles. The fourth-order valence-electron chi connectivity index (χ4n) is 4.59. The molecule has 4 N–H and O–H groups in total. The normalized spacial score (nSPS) is 11.7. The Labute approximate surface area is 233 Å². The van der Waals surface area contributed by atoms with Crippen LogP contribution in [0.25, 0.3) is 0 Å². The summed E-state index contributed by atoms with van der Waals surface area (Å²) in [6, 6.07) is 24.9. The van der Waals surface area contributed by atoms with Crippen molar-refractivity contribution in [3.63, 3.8) is 0 Å². The van der Waals surface area contributed by atoms with Gasteiger partial charge in [0.15, 0.2) is 5.60 Å². The van der Waals surface area contributed by atoms with Crippen molar-refractivity contribution < 1.29 is 49.1 Å². The van der Waals surface area contributed by atoms with E-state index in [1.807, 2.05) is 0 Å². The average molecular weight is 557 g/mol. The molecule has 0 amide bonds. The topological polar surface area (TPSA) is 168 Å². The van der Waals surface area contributed by atoms with Crippen LogP contribution in [0, 0.1) is 0 Å². The second-order valence-corrected chi connectivity index (χ2v) is 8.97. The van der Waals surface area contributed by atoms with Crippen molar-refractivity contribution in [2.24, 2.45) is 0 Å². The quantitative estimate of drug-likeness (QED) is 0.191. The number of carboxylic acid groups (broad SMARTS) is 4. The summed E-state index contributed by atoms with van der Waals surface area (Å²) >= 11 is 0. The van der Waals surface area contributed by atoms with Gasteiger partial charge < -0.3 is 29.9 Å². The van der Waals surface area contributed by atoms with Crippen LogP contribution < -0.4 is 9.47 Å². The second kappa shape index (κ2) is 11.6. The summed E-state index contributed by atoms with van der Waals surface area (Å²) in [4.78, 5) is 46.8. The molecule has 4 aromatic carbocycles. The standard InChI is InChI=1S/C31H24O10/c1-18(40-21-12-14-23(27(32)33)25(16-21)29(36)37)31(19-8-4-2-5-9-19,20-10-6-3-7-11-20)41-22-13-15-24(28(34)35)26(17-22)30(38)39/h2-18H,1H3,(H,32,33)(H,34,35)(H,36,37)(H,38,39). The molecule has 4 rings (SSSR count). The number of benzene rings is 4. The zero-order valence-corrected chi connectivity index (χ0v) is 21.6. The Morgan fingerprint density at radius 2 is 0.951 bits per heavy atom. The summed E-state index contributed by atoms with van der Waals surface area (Å²) in [5.74, 6) is -5.65. The number of carboxylic acids is 4. The van der Waals surface area contributed by atoms with Crippen molar-refractivity contribution in [3.8, 4) is 11.5 Å². The van der Waals surface area contributed by atoms with Gasteiger partial charge in [0.1, 0.15) is 17.6 Å². The van der Waals surface area contributed by atoms with Crippen molar-refractivity contribution in [3.05, 3.63) is 130 Å². The maximum Gasteiger partial charge on any atom is 0.336 e. The number of hydrogen-bond donors (Lipinski definition) is 4. The first kappa shape index (κ1) is 28.4. The summed E-state index contributed by atoms with van der Waals surface area (Å²) in [5.41, 5.74) is -2.10. The van der Waals surface area contributed by atoms with E-state index in [0.29, 0.717) is 11.1 Å². The number of hydrogen-bond acceptors (Lipinski definition) is 6. The molecule has 0 aromatic heterocycles. The molecule has 208 valence electrons. The highest BCUT2D eigenvalue weighted by Gasteiger charge is 2.44. The lowest BCUT2D eigenvalue weighted by Crippen LogP contribution is -2.47. The van der Waals surface area contributed by atoms with E-state index in [4.69, 9.17) is 9.47 Å². The van der Waals surface area contributed by atoms with Crippen molar-refractivity contribution in [1.29, 1.82) is 0 Å². The Balaban J connectivity index is 1.91. The van der Waals surface area contributed by atoms with Gasteiger partial charge in [-0.2, -0.15) is 0 Å². The first-order valence-electron chi connectivity index (χ1n) is 12.2. The SMILES string of the molecule is CC(Oc1ccc(C(=O)O)c(C(=O)O)c1)C(Oc1ccc(C(=O)O)c(C(=O)O)c1)(c1ccccc1)c1ccccc1. The first-order chi connectivity index (χ1) is 19.5. The molecule has 10 nitrogen and oxygen atoms in total. The van der Waals surface area contributed by atoms with Crippen LogP contribution in [-0.4, -0.2) is 50.4 Å². The molecule has 10 heteroatoms. The number of aromatic carboxylic acids is 4. The number of carbonyl (C=O) groups is 4. The molecule has 0 aliphatic carbocycles. The first-order valence-corrected chi connectivity index (χ1v) is 12.2. The van der Waals surface area contributed by atoms with Gasteiger partial charge in [-0.15, -0.1) is 0 Å². The number of rotatable bonds is 11. The van der Waals surface area contributed by atoms with Gasteiger partial charge >= 0.3 is 23.9 Å². The third-order valence-corrected chi connectivity index (χ3v) is 6.47. The van der Waals surface area contributed by atoms with E-state index in [1.54, 1.807) is 67.6 Å². The second-order valence-electron chi connectivity index (χ2n) is 8.97. The van der Waals surface area contributed by atoms with Gasteiger partial charge in [0, 0.05) is 11.1 Å². The molecule has 0 spiro atoms. The summed E-state index contributed by atoms with van der Waals surface area (Å²) < 4.78 is 12.8. The molecule has 0 aliphatic rings. The highest BCUT2D eigenvalue weighted by Crippen LogP contribution is 2.40. The molecular formula is C31H24O10. The van der Waals surface area contributed by atoms with Crippen LogP contribution in [-0.2, 0) is 5.60 Å². The van der Waals surface area contributed by atoms with E-state index in [1.165, 1.54) is 12.1 Å². The highest BCUT2D eigenvalue weighted by molar-refractivity contribution is 6.02. The van der Waals surface area contributed by atoms with Crippen LogP contribution in [0.15, 0.2) is 97.1 Å². The molecule has 4 aromatic rings. The fraction of sp³-hybridized carbons (Fsp3) is 0.0968. The van der Waals surface area contributed by atoms with Crippen LogP contribution >= 0.6 is 0 Å². The zero-order chi connectivity index (χ0) is 29.7. The Morgan fingerprint density at radius 3 is 1.37 bits per heavy atom. The Kier molecular flexibility index (Phi) is 8.04. The van der Waals surface area contributed by atoms with Gasteiger partial charge in [-0.1, -0.05) is 60.7 Å². The molecule has 1 unspecified atom stereocenters. The van der Waals surface area contributed by atoms with Gasteiger partial charge in [0.25, 0.3) is 0 Å². The molecule has 0 radical (unpaired) electrons. The molecular weight excluding hydrogens is 532 g/mol. The van der Waals surface area contributed by atoms with Crippen LogP contribution in [0.4, 0.5) is 0 Å². The van der Waals surface area contributed by atoms with E-state index in [9.17, 15) is 39.6 Å². The Bertz CT molecular complexity index is 1570. The smallest absolute Gasteiger partial charge is 0.336 e. The minimum atomic E-state index is -1.49. The molecule has 0 saturated carbocycles. The zero-order valence-electron chi connectivity index (χ0n) is 21.6. The maximum atomic E-state index is 11.9. The third-order valence-electron chi connectivity index (χ3n) is 6.47. The predicted octanol–water partition coefficient (Wildman–Crippen LogP) is 5.27. The van der Waals surface area contributed by atoms with Crippen molar-refractivity contribution in [1.82, 2.24) is 0 Å². The maximum absolute atomic E-state index is 11.9. The molecule has 0 saturated heterocycles. The Morgan fingerprint density at radius 1 is 0.561 bits per heavy atom. The van der Waals surface area contributed by atoms with Gasteiger partial charge in [-0.25, -0.2) is 19.2 Å². The van der Waals surface area contributed by atoms with Crippen LogP contribution in [0.1, 0.15) is 59.5 Å².